The Morgan fingerprint density at radius 3 is 2.57 bits per heavy atom. The first-order valence-electron chi connectivity index (χ1n) is 6.18. The van der Waals surface area contributed by atoms with Crippen LogP contribution in [0.25, 0.3) is 0 Å². The Labute approximate surface area is 155 Å². The molecule has 0 amide bonds. The van der Waals surface area contributed by atoms with Crippen molar-refractivity contribution >= 4 is 61.7 Å². The molecule has 0 saturated heterocycles. The topological polar surface area (TPSA) is 29.5 Å². The summed E-state index contributed by atoms with van der Waals surface area (Å²) in [5.41, 5.74) is 1.33. The second-order valence-electron chi connectivity index (χ2n) is 4.31. The van der Waals surface area contributed by atoms with Crippen LogP contribution in [0.15, 0.2) is 34.8 Å². The van der Waals surface area contributed by atoms with Crippen molar-refractivity contribution in [3.8, 4) is 5.75 Å². The maximum absolute atomic E-state index is 10.6. The third-order valence-corrected chi connectivity index (χ3v) is 5.00. The van der Waals surface area contributed by atoms with Gasteiger partial charge >= 0.3 is 0 Å². The molecule has 1 unspecified atom stereocenters. The van der Waals surface area contributed by atoms with Gasteiger partial charge in [-0.25, -0.2) is 0 Å². The average molecular weight is 502 g/mol. The molecule has 112 valence electrons. The number of ether oxygens (including phenoxy) is 1. The number of aliphatic hydroxyl groups excluding tert-OH is 1. The number of hydrogen-bond acceptors (Lipinski definition) is 2. The van der Waals surface area contributed by atoms with Crippen molar-refractivity contribution in [2.24, 2.45) is 0 Å². The maximum atomic E-state index is 10.6. The number of rotatable bonds is 4. The largest absolute Gasteiger partial charge is 0.492 e. The fourth-order valence-corrected chi connectivity index (χ4v) is 3.40. The van der Waals surface area contributed by atoms with E-state index in [1.807, 2.05) is 25.1 Å². The number of aliphatic hydroxyl groups is 1. The van der Waals surface area contributed by atoms with Crippen molar-refractivity contribution in [1.82, 2.24) is 0 Å². The number of hydrogen-bond donors (Lipinski definition) is 1. The van der Waals surface area contributed by atoms with Gasteiger partial charge in [-0.1, -0.05) is 39.1 Å². The predicted octanol–water partition coefficient (Wildman–Crippen LogP) is 5.84. The van der Waals surface area contributed by atoms with Crippen LogP contribution >= 0.6 is 61.7 Å². The van der Waals surface area contributed by atoms with Gasteiger partial charge < -0.3 is 9.84 Å². The molecule has 0 aliphatic heterocycles. The lowest BCUT2D eigenvalue weighted by Gasteiger charge is -2.17. The van der Waals surface area contributed by atoms with Crippen molar-refractivity contribution in [3.63, 3.8) is 0 Å². The first kappa shape index (κ1) is 17.3. The first-order chi connectivity index (χ1) is 9.93. The third kappa shape index (κ3) is 4.05. The average Bonchev–Trinajstić information content (AvgIpc) is 2.44. The zero-order valence-electron chi connectivity index (χ0n) is 11.0. The SMILES string of the molecule is CCOc1cc(Cl)c(C(O)c2cc(Br)ccc2I)cc1Cl. The fraction of sp³-hybridized carbons (Fsp3) is 0.200. The Morgan fingerprint density at radius 1 is 1.19 bits per heavy atom. The van der Waals surface area contributed by atoms with Crippen molar-refractivity contribution in [2.45, 2.75) is 13.0 Å². The Hall–Kier alpha value is -0.0100. The van der Waals surface area contributed by atoms with E-state index in [0.717, 1.165) is 13.6 Å². The molecule has 0 radical (unpaired) electrons. The molecule has 0 heterocycles. The molecule has 1 N–H and O–H groups in total. The normalized spacial score (nSPS) is 12.3. The summed E-state index contributed by atoms with van der Waals surface area (Å²) in [6.07, 6.45) is -0.852. The summed E-state index contributed by atoms with van der Waals surface area (Å²) in [6.45, 7) is 2.37. The number of halogens is 4. The van der Waals surface area contributed by atoms with E-state index in [2.05, 4.69) is 38.5 Å². The summed E-state index contributed by atoms with van der Waals surface area (Å²) in [5.74, 6) is 0.518. The van der Waals surface area contributed by atoms with Gasteiger partial charge in [-0.05, 0) is 59.3 Å². The molecule has 0 bridgehead atoms. The molecule has 21 heavy (non-hydrogen) atoms. The maximum Gasteiger partial charge on any atom is 0.139 e. The summed E-state index contributed by atoms with van der Waals surface area (Å²) in [7, 11) is 0. The second kappa shape index (κ2) is 7.51. The Balaban J connectivity index is 2.46. The van der Waals surface area contributed by atoms with Crippen molar-refractivity contribution in [1.29, 1.82) is 0 Å². The lowest BCUT2D eigenvalue weighted by atomic mass is 10.0. The third-order valence-electron chi connectivity index (χ3n) is 2.90. The Morgan fingerprint density at radius 2 is 1.90 bits per heavy atom. The first-order valence-corrected chi connectivity index (χ1v) is 8.81. The minimum Gasteiger partial charge on any atom is -0.492 e. The smallest absolute Gasteiger partial charge is 0.139 e. The highest BCUT2D eigenvalue weighted by Crippen LogP contribution is 2.37. The van der Waals surface area contributed by atoms with Crippen LogP contribution in [-0.2, 0) is 0 Å². The number of benzene rings is 2. The molecule has 2 aromatic rings. The molecule has 2 rings (SSSR count). The molecule has 2 nitrogen and oxygen atoms in total. The highest BCUT2D eigenvalue weighted by molar-refractivity contribution is 14.1. The monoisotopic (exact) mass is 500 g/mol. The van der Waals surface area contributed by atoms with Gasteiger partial charge in [0.15, 0.2) is 0 Å². The van der Waals surface area contributed by atoms with Crippen LogP contribution < -0.4 is 4.74 Å². The van der Waals surface area contributed by atoms with E-state index in [4.69, 9.17) is 27.9 Å². The van der Waals surface area contributed by atoms with Gasteiger partial charge in [0, 0.05) is 19.7 Å². The van der Waals surface area contributed by atoms with Crippen LogP contribution in [-0.4, -0.2) is 11.7 Å². The molecule has 0 aliphatic carbocycles. The Kier molecular flexibility index (Phi) is 6.20. The van der Waals surface area contributed by atoms with E-state index < -0.39 is 6.10 Å². The summed E-state index contributed by atoms with van der Waals surface area (Å²) in [6, 6.07) is 9.00. The van der Waals surface area contributed by atoms with E-state index in [0.29, 0.717) is 28.0 Å². The molecule has 0 fully saturated rings. The summed E-state index contributed by atoms with van der Waals surface area (Å²) < 4.78 is 7.24. The van der Waals surface area contributed by atoms with Crippen LogP contribution in [0.3, 0.4) is 0 Å². The van der Waals surface area contributed by atoms with Crippen molar-refractivity contribution in [2.75, 3.05) is 6.61 Å². The minimum atomic E-state index is -0.852. The molecular formula is C15H12BrCl2IO2. The minimum absolute atomic E-state index is 0.422. The van der Waals surface area contributed by atoms with Gasteiger partial charge in [0.1, 0.15) is 11.9 Å². The van der Waals surface area contributed by atoms with Gasteiger partial charge in [0.25, 0.3) is 0 Å². The van der Waals surface area contributed by atoms with Crippen LogP contribution in [0.4, 0.5) is 0 Å². The molecule has 0 saturated carbocycles. The molecule has 1 atom stereocenters. The zero-order chi connectivity index (χ0) is 15.6. The van der Waals surface area contributed by atoms with Gasteiger partial charge in [-0.15, -0.1) is 0 Å². The van der Waals surface area contributed by atoms with Crippen LogP contribution in [0, 0.1) is 3.57 Å². The zero-order valence-corrected chi connectivity index (χ0v) is 16.3. The highest BCUT2D eigenvalue weighted by atomic mass is 127. The summed E-state index contributed by atoms with van der Waals surface area (Å²) in [5, 5.41) is 11.5. The van der Waals surface area contributed by atoms with Gasteiger partial charge in [-0.3, -0.25) is 0 Å². The quantitative estimate of drug-likeness (QED) is 0.533. The van der Waals surface area contributed by atoms with E-state index in [1.165, 1.54) is 0 Å². The summed E-state index contributed by atoms with van der Waals surface area (Å²) >= 11 is 18.0. The second-order valence-corrected chi connectivity index (χ2v) is 7.20. The molecule has 0 spiro atoms. The van der Waals surface area contributed by atoms with Gasteiger partial charge in [0.05, 0.1) is 16.7 Å². The molecule has 6 heteroatoms. The summed E-state index contributed by atoms with van der Waals surface area (Å²) in [4.78, 5) is 0. The Bertz CT molecular complexity index is 664. The van der Waals surface area contributed by atoms with E-state index >= 15 is 0 Å². The molecule has 0 aliphatic rings. The molecule has 2 aromatic carbocycles. The lowest BCUT2D eigenvalue weighted by Crippen LogP contribution is -2.04. The predicted molar refractivity (Wildman–Crippen MR) is 98.6 cm³/mol. The van der Waals surface area contributed by atoms with E-state index in [9.17, 15) is 5.11 Å². The van der Waals surface area contributed by atoms with Crippen LogP contribution in [0.2, 0.25) is 10.0 Å². The van der Waals surface area contributed by atoms with Gasteiger partial charge in [-0.2, -0.15) is 0 Å². The van der Waals surface area contributed by atoms with Crippen molar-refractivity contribution in [3.05, 3.63) is 59.5 Å². The van der Waals surface area contributed by atoms with E-state index in [-0.39, 0.29) is 0 Å². The van der Waals surface area contributed by atoms with E-state index in [1.54, 1.807) is 12.1 Å². The van der Waals surface area contributed by atoms with Crippen molar-refractivity contribution < 1.29 is 9.84 Å². The fourth-order valence-electron chi connectivity index (χ4n) is 1.91. The lowest BCUT2D eigenvalue weighted by molar-refractivity contribution is 0.219. The molecule has 0 aromatic heterocycles. The van der Waals surface area contributed by atoms with Crippen LogP contribution in [0.1, 0.15) is 24.2 Å². The molecular weight excluding hydrogens is 490 g/mol. The van der Waals surface area contributed by atoms with Gasteiger partial charge in [0.2, 0.25) is 0 Å². The highest BCUT2D eigenvalue weighted by Gasteiger charge is 2.19. The van der Waals surface area contributed by atoms with Crippen LogP contribution in [0.5, 0.6) is 5.75 Å². The standard InChI is InChI=1S/C15H12BrCl2IO2/c1-2-21-14-7-11(17)9(6-12(14)18)15(20)10-5-8(16)3-4-13(10)19/h3-7,15,20H,2H2,1H3.